The first-order valence-corrected chi connectivity index (χ1v) is 11.1. The smallest absolute Gasteiger partial charge is 0.242 e. The van der Waals surface area contributed by atoms with Gasteiger partial charge in [-0.05, 0) is 42.2 Å². The van der Waals surface area contributed by atoms with Crippen LogP contribution in [0.25, 0.3) is 0 Å². The highest BCUT2D eigenvalue weighted by atomic mass is 16.5. The molecule has 3 aliphatic heterocycles. The molecule has 0 aliphatic carbocycles. The molecule has 0 aromatic heterocycles. The van der Waals surface area contributed by atoms with Crippen molar-refractivity contribution in [2.24, 2.45) is 0 Å². The topological polar surface area (TPSA) is 70.2 Å². The second kappa shape index (κ2) is 7.65. The van der Waals surface area contributed by atoms with Crippen LogP contribution in [0.4, 0.5) is 5.69 Å². The van der Waals surface area contributed by atoms with Crippen LogP contribution in [0, 0.1) is 0 Å². The van der Waals surface area contributed by atoms with Crippen LogP contribution in [-0.2, 0) is 19.8 Å². The second-order valence-corrected chi connectivity index (χ2v) is 8.83. The van der Waals surface area contributed by atoms with Gasteiger partial charge in [-0.2, -0.15) is 0 Å². The summed E-state index contributed by atoms with van der Waals surface area (Å²) in [6, 6.07) is 14.9. The van der Waals surface area contributed by atoms with Crippen molar-refractivity contribution in [3.8, 4) is 5.75 Å². The molecule has 3 aliphatic rings. The average molecular weight is 434 g/mol. The van der Waals surface area contributed by atoms with Gasteiger partial charge < -0.3 is 19.4 Å². The number of likely N-dealkylation sites (tertiary alicyclic amines) is 1. The predicted molar refractivity (Wildman–Crippen MR) is 119 cm³/mol. The molecule has 4 bridgehead atoms. The summed E-state index contributed by atoms with van der Waals surface area (Å²) < 4.78 is 5.96. The number of carbonyl (C=O) groups is 3. The zero-order chi connectivity index (χ0) is 22.5. The van der Waals surface area contributed by atoms with Gasteiger partial charge in [0, 0.05) is 32.7 Å². The first kappa shape index (κ1) is 20.5. The fraction of sp³-hybridized carbons (Fsp3) is 0.400. The molecule has 0 saturated carbocycles. The number of likely N-dealkylation sites (N-methyl/N-ethyl adjacent to an activating group) is 1. The van der Waals surface area contributed by atoms with Crippen LogP contribution in [0.3, 0.4) is 0 Å². The molecular weight excluding hydrogens is 406 g/mol. The number of carbonyl (C=O) groups excluding carboxylic acids is 3. The van der Waals surface area contributed by atoms with Gasteiger partial charge in [0.1, 0.15) is 17.7 Å². The van der Waals surface area contributed by atoms with E-state index in [2.05, 4.69) is 0 Å². The van der Waals surface area contributed by atoms with Crippen molar-refractivity contribution in [1.82, 2.24) is 9.80 Å². The molecule has 7 heteroatoms. The molecule has 7 nitrogen and oxygen atoms in total. The van der Waals surface area contributed by atoms with E-state index in [1.165, 1.54) is 0 Å². The van der Waals surface area contributed by atoms with Crippen molar-refractivity contribution in [2.45, 2.75) is 31.2 Å². The number of nitrogens with zero attached hydrogens (tertiary/aromatic N) is 3. The van der Waals surface area contributed by atoms with Crippen molar-refractivity contribution in [3.63, 3.8) is 0 Å². The summed E-state index contributed by atoms with van der Waals surface area (Å²) in [5.41, 5.74) is 1.59. The van der Waals surface area contributed by atoms with Gasteiger partial charge in [-0.3, -0.25) is 14.4 Å². The number of rotatable bonds is 0. The number of amides is 3. The minimum atomic E-state index is -0.927. The van der Waals surface area contributed by atoms with Crippen LogP contribution < -0.4 is 9.64 Å². The quantitative estimate of drug-likeness (QED) is 0.640. The van der Waals surface area contributed by atoms with Gasteiger partial charge in [0.15, 0.2) is 0 Å². The lowest BCUT2D eigenvalue weighted by Gasteiger charge is -2.35. The molecule has 0 unspecified atom stereocenters. The predicted octanol–water partition coefficient (Wildman–Crippen LogP) is 2.51. The van der Waals surface area contributed by atoms with Crippen molar-refractivity contribution >= 4 is 23.4 Å². The Morgan fingerprint density at radius 2 is 1.91 bits per heavy atom. The molecule has 5 rings (SSSR count). The van der Waals surface area contributed by atoms with E-state index in [-0.39, 0.29) is 24.3 Å². The molecule has 166 valence electrons. The van der Waals surface area contributed by atoms with E-state index >= 15 is 0 Å². The average Bonchev–Trinajstić information content (AvgIpc) is 3.30. The molecule has 0 N–H and O–H groups in total. The van der Waals surface area contributed by atoms with E-state index in [0.717, 1.165) is 16.8 Å². The Balaban J connectivity index is 1.73. The van der Waals surface area contributed by atoms with Crippen LogP contribution in [-0.4, -0.2) is 60.8 Å². The highest BCUT2D eigenvalue weighted by Crippen LogP contribution is 2.56. The van der Waals surface area contributed by atoms with Crippen LogP contribution in [0.1, 0.15) is 36.9 Å². The number of benzene rings is 2. The fourth-order valence-corrected chi connectivity index (χ4v) is 5.49. The van der Waals surface area contributed by atoms with E-state index in [0.29, 0.717) is 38.3 Å². The van der Waals surface area contributed by atoms with E-state index < -0.39 is 11.5 Å². The molecule has 2 atom stereocenters. The molecule has 3 heterocycles. The van der Waals surface area contributed by atoms with Crippen LogP contribution in [0.5, 0.6) is 5.75 Å². The number of hydrogen-bond donors (Lipinski definition) is 0. The maximum atomic E-state index is 14.1. The molecule has 1 fully saturated rings. The largest absolute Gasteiger partial charge is 0.494 e. The van der Waals surface area contributed by atoms with Gasteiger partial charge in [-0.15, -0.1) is 0 Å². The Morgan fingerprint density at radius 1 is 1.09 bits per heavy atom. The van der Waals surface area contributed by atoms with E-state index in [4.69, 9.17) is 4.74 Å². The van der Waals surface area contributed by atoms with Gasteiger partial charge in [0.05, 0.1) is 12.6 Å². The summed E-state index contributed by atoms with van der Waals surface area (Å²) in [4.78, 5) is 44.8. The lowest BCUT2D eigenvalue weighted by molar-refractivity contribution is -0.133. The van der Waals surface area contributed by atoms with Gasteiger partial charge >= 0.3 is 0 Å². The third kappa shape index (κ3) is 2.98. The third-order valence-corrected chi connectivity index (χ3v) is 7.03. The molecule has 0 radical (unpaired) electrons. The van der Waals surface area contributed by atoms with Gasteiger partial charge in [-0.25, -0.2) is 0 Å². The lowest BCUT2D eigenvalue weighted by atomic mass is 9.72. The molecule has 1 saturated heterocycles. The standard InChI is InChI=1S/C25H27N3O4/c1-17(29)27-13-11-25-20-9-3-4-10-21(20)28(24(25)31)16-22(30)26(2)12-6-14-32-19-8-5-7-18(15-19)23(25)27/h3-5,7-10,15,23H,6,11-14,16H2,1-2H3/t23-,25+/m0/s1. The highest BCUT2D eigenvalue weighted by Gasteiger charge is 2.61. The molecule has 3 amide bonds. The first-order chi connectivity index (χ1) is 15.4. The lowest BCUT2D eigenvalue weighted by Crippen LogP contribution is -2.48. The number of hydrogen-bond acceptors (Lipinski definition) is 4. The minimum absolute atomic E-state index is 0.0121. The Morgan fingerprint density at radius 3 is 2.72 bits per heavy atom. The summed E-state index contributed by atoms with van der Waals surface area (Å²) in [5.74, 6) is 0.407. The van der Waals surface area contributed by atoms with Crippen molar-refractivity contribution in [2.75, 3.05) is 38.2 Å². The normalized spacial score (nSPS) is 25.2. The summed E-state index contributed by atoms with van der Waals surface area (Å²) in [5, 5.41) is 0. The van der Waals surface area contributed by atoms with Crippen LogP contribution in [0.15, 0.2) is 48.5 Å². The molecule has 2 aromatic rings. The molecule has 2 aromatic carbocycles. The van der Waals surface area contributed by atoms with Crippen molar-refractivity contribution in [1.29, 1.82) is 0 Å². The summed E-state index contributed by atoms with van der Waals surface area (Å²) in [6.07, 6.45) is 1.20. The zero-order valence-corrected chi connectivity index (χ0v) is 18.4. The maximum absolute atomic E-state index is 14.1. The summed E-state index contributed by atoms with van der Waals surface area (Å²) >= 11 is 0. The summed E-state index contributed by atoms with van der Waals surface area (Å²) in [6.45, 7) is 3.05. The van der Waals surface area contributed by atoms with Crippen molar-refractivity contribution in [3.05, 3.63) is 59.7 Å². The maximum Gasteiger partial charge on any atom is 0.242 e. The molecule has 1 spiro atoms. The monoisotopic (exact) mass is 433 g/mol. The van der Waals surface area contributed by atoms with Crippen molar-refractivity contribution < 1.29 is 19.1 Å². The fourth-order valence-electron chi connectivity index (χ4n) is 5.49. The van der Waals surface area contributed by atoms with Crippen LogP contribution in [0.2, 0.25) is 0 Å². The van der Waals surface area contributed by atoms with Crippen LogP contribution >= 0.6 is 0 Å². The van der Waals surface area contributed by atoms with Gasteiger partial charge in [0.2, 0.25) is 17.7 Å². The number of ether oxygens (including phenoxy) is 1. The van der Waals surface area contributed by atoms with E-state index in [1.807, 2.05) is 48.5 Å². The Labute approximate surface area is 187 Å². The Kier molecular flexibility index (Phi) is 4.92. The summed E-state index contributed by atoms with van der Waals surface area (Å²) in [7, 11) is 1.76. The highest BCUT2D eigenvalue weighted by molar-refractivity contribution is 6.11. The van der Waals surface area contributed by atoms with Gasteiger partial charge in [-0.1, -0.05) is 30.3 Å². The molecule has 32 heavy (non-hydrogen) atoms. The number of fused-ring (bicyclic) bond motifs is 6. The zero-order valence-electron chi connectivity index (χ0n) is 18.4. The first-order valence-electron chi connectivity index (χ1n) is 11.1. The SMILES string of the molecule is CC(=O)N1CC[C@]23C(=O)N(CC(=O)N(C)CCCOc4cccc(c4)[C@H]12)c1ccccc13. The third-order valence-electron chi connectivity index (χ3n) is 7.03. The number of para-hydroxylation sites is 1. The number of anilines is 1. The Hall–Kier alpha value is -3.35. The Bertz CT molecular complexity index is 1100. The second-order valence-electron chi connectivity index (χ2n) is 8.83. The van der Waals surface area contributed by atoms with E-state index in [1.54, 1.807) is 28.7 Å². The molecular formula is C25H27N3O4. The minimum Gasteiger partial charge on any atom is -0.494 e. The van der Waals surface area contributed by atoms with E-state index in [9.17, 15) is 14.4 Å². The van der Waals surface area contributed by atoms with Gasteiger partial charge in [0.25, 0.3) is 0 Å².